The molecule has 0 fully saturated rings. The Hall–Kier alpha value is -3.18. The lowest BCUT2D eigenvalue weighted by atomic mass is 9.88. The quantitative estimate of drug-likeness (QED) is 0.162. The average molecular weight is 880 g/mol. The number of carbonyl (C=O) groups is 2. The van der Waals surface area contributed by atoms with E-state index in [4.69, 9.17) is 5.02 Å². The van der Waals surface area contributed by atoms with Gasteiger partial charge in [-0.1, -0.05) is 0 Å². The molecule has 0 bridgehead atoms. The largest absolute Gasteiger partial charge is 0.569 e. The lowest BCUT2D eigenvalue weighted by Gasteiger charge is -2.21. The van der Waals surface area contributed by atoms with E-state index in [9.17, 15) is 61.5 Å². The number of ketones is 2. The number of alkyl halides is 4. The van der Waals surface area contributed by atoms with Crippen molar-refractivity contribution >= 4 is 77.5 Å². The molecule has 1 N–H and O–H groups in total. The summed E-state index contributed by atoms with van der Waals surface area (Å²) in [5.74, 6) is -13.4. The van der Waals surface area contributed by atoms with E-state index in [0.717, 1.165) is 48.1 Å². The van der Waals surface area contributed by atoms with Crippen LogP contribution < -0.4 is 4.65 Å². The maximum absolute atomic E-state index is 13.7. The van der Waals surface area contributed by atoms with Gasteiger partial charge in [-0.05, 0) is 57.6 Å². The summed E-state index contributed by atoms with van der Waals surface area (Å²) >= 11 is 4.52. The van der Waals surface area contributed by atoms with Crippen LogP contribution in [0.15, 0.2) is 48.6 Å². The molecule has 0 amide bonds. The topological polar surface area (TPSA) is 132 Å². The molecule has 0 saturated heterocycles. The highest BCUT2D eigenvalue weighted by atomic mass is 79.9. The Morgan fingerprint density at radius 3 is 1.56 bits per heavy atom. The van der Waals surface area contributed by atoms with Crippen LogP contribution in [0.3, 0.4) is 0 Å². The fourth-order valence-electron chi connectivity index (χ4n) is 5.03. The molecule has 2 aromatic heterocycles. The first-order valence-electron chi connectivity index (χ1n) is 14.1. The fourth-order valence-corrected chi connectivity index (χ4v) is 11.0. The highest BCUT2D eigenvalue weighted by Gasteiger charge is 2.48. The molecule has 8 nitrogen and oxygen atoms in total. The van der Waals surface area contributed by atoms with Crippen LogP contribution in [0.5, 0.6) is 5.75 Å². The summed E-state index contributed by atoms with van der Waals surface area (Å²) in [6, 6.07) is 5.20. The maximum atomic E-state index is 13.7. The summed E-state index contributed by atoms with van der Waals surface area (Å²) in [6.45, 7) is 0. The molecule has 2 aliphatic rings. The van der Waals surface area contributed by atoms with E-state index in [0.29, 0.717) is 40.5 Å². The number of rotatable bonds is 5. The molecule has 6 rings (SSSR count). The van der Waals surface area contributed by atoms with Crippen molar-refractivity contribution in [3.63, 3.8) is 0 Å². The van der Waals surface area contributed by atoms with Crippen LogP contribution in [0, 0.1) is 23.3 Å². The Kier molecular flexibility index (Phi) is 12.2. The highest BCUT2D eigenvalue weighted by Crippen LogP contribution is 2.47. The summed E-state index contributed by atoms with van der Waals surface area (Å²) in [6.07, 6.45) is 0.107. The average Bonchev–Trinajstić information content (AvgIpc) is 3.56. The van der Waals surface area contributed by atoms with Crippen molar-refractivity contribution in [2.75, 3.05) is 12.5 Å². The van der Waals surface area contributed by atoms with Gasteiger partial charge in [0.05, 0.1) is 14.9 Å². The second-order valence-corrected chi connectivity index (χ2v) is 19.0. The summed E-state index contributed by atoms with van der Waals surface area (Å²) in [7, 11) is -7.27. The molecule has 279 valence electrons. The van der Waals surface area contributed by atoms with E-state index in [2.05, 4.69) is 20.6 Å². The Labute approximate surface area is 307 Å². The molecule has 0 spiro atoms. The van der Waals surface area contributed by atoms with Gasteiger partial charge in [-0.15, -0.1) is 22.7 Å². The lowest BCUT2D eigenvalue weighted by molar-refractivity contribution is 0.00176. The second kappa shape index (κ2) is 15.3. The minimum atomic E-state index is -3.96. The van der Waals surface area contributed by atoms with Crippen molar-refractivity contribution in [1.29, 1.82) is 0 Å². The molecular weight excluding hydrogens is 859 g/mol. The molecule has 2 aromatic carbocycles. The third-order valence-electron chi connectivity index (χ3n) is 7.22. The van der Waals surface area contributed by atoms with Crippen LogP contribution in [0.2, 0.25) is 0 Å². The van der Waals surface area contributed by atoms with Gasteiger partial charge in [0.2, 0.25) is 11.6 Å². The molecule has 2 aliphatic carbocycles. The number of hydrogen-bond donors (Lipinski definition) is 1. The van der Waals surface area contributed by atoms with Gasteiger partial charge in [-0.25, -0.2) is 34.4 Å². The molecule has 1 radical (unpaired) electrons. The molecule has 22 heteroatoms. The number of carbonyl (C=O) groups excluding carboxylic acids is 2. The van der Waals surface area contributed by atoms with Crippen molar-refractivity contribution < 1.29 is 71.2 Å². The van der Waals surface area contributed by atoms with Gasteiger partial charge in [-0.3, -0.25) is 9.59 Å². The Morgan fingerprint density at radius 1 is 0.712 bits per heavy atom. The van der Waals surface area contributed by atoms with E-state index >= 15 is 0 Å². The standard InChI is InChI=1S/C15H10F4O3S2.C9H7BrF2O3S2.C6H4BF2O2/c1-24(21,22)14-11-10(2-3-15(18,19)13(11)20)12(23-14)7-4-8(16)6-9(17)5-7;1-17(14,15)8-5-4(7(10)16-8)2-3-9(11,12)6(5)13;8-4-1-5(9)3-6(2-4)11-7-10/h4-6H,2-3H2,1H3;2-3H2,1H3;1-3,10H. The van der Waals surface area contributed by atoms with E-state index in [1.807, 2.05) is 0 Å². The first kappa shape index (κ1) is 41.6. The Balaban J connectivity index is 0.000000188. The van der Waals surface area contributed by atoms with Gasteiger partial charge < -0.3 is 9.68 Å². The van der Waals surface area contributed by atoms with Crippen LogP contribution >= 0.6 is 38.6 Å². The number of thiophene rings is 2. The molecule has 2 heterocycles. The zero-order chi connectivity index (χ0) is 39.1. The number of fused-ring (bicyclic) bond motifs is 2. The minimum absolute atomic E-state index is 0.000671. The van der Waals surface area contributed by atoms with Crippen molar-refractivity contribution in [3.8, 4) is 16.2 Å². The fraction of sp³-hybridized carbons (Fsp3) is 0.267. The molecule has 0 unspecified atom stereocenters. The first-order valence-corrected chi connectivity index (χ1v) is 20.4. The zero-order valence-electron chi connectivity index (χ0n) is 26.2. The van der Waals surface area contributed by atoms with Crippen molar-refractivity contribution in [3.05, 3.63) is 85.7 Å². The summed E-state index contributed by atoms with van der Waals surface area (Å²) < 4.78 is 156. The van der Waals surface area contributed by atoms with Crippen LogP contribution in [-0.4, -0.2) is 65.5 Å². The number of Topliss-reactive ketones (excluding diaryl/α,β-unsaturated/α-hetero) is 2. The maximum Gasteiger partial charge on any atom is 0.569 e. The van der Waals surface area contributed by atoms with Gasteiger partial charge >= 0.3 is 19.5 Å². The SMILES string of the molecule is CS(=O)(=O)c1sc(-c2cc(F)cc(F)c2)c2c1C(=O)C(F)(F)CC2.CS(=O)(=O)c1sc(Br)c2c1C(=O)C(F)(F)CC2.O[B]Oc1cc(F)cc(F)c1. The van der Waals surface area contributed by atoms with Crippen LogP contribution in [0.1, 0.15) is 44.7 Å². The Morgan fingerprint density at radius 2 is 1.12 bits per heavy atom. The van der Waals surface area contributed by atoms with E-state index in [1.165, 1.54) is 0 Å². The van der Waals surface area contributed by atoms with Crippen molar-refractivity contribution in [1.82, 2.24) is 0 Å². The van der Waals surface area contributed by atoms with Gasteiger partial charge in [0.1, 0.15) is 37.4 Å². The number of benzene rings is 2. The van der Waals surface area contributed by atoms with Gasteiger partial charge in [-0.2, -0.15) is 17.6 Å². The first-order chi connectivity index (χ1) is 23.9. The number of halogens is 9. The third kappa shape index (κ3) is 9.12. The predicted octanol–water partition coefficient (Wildman–Crippen LogP) is 7.41. The van der Waals surface area contributed by atoms with Crippen LogP contribution in [0.25, 0.3) is 10.4 Å². The second-order valence-electron chi connectivity index (χ2n) is 11.2. The van der Waals surface area contributed by atoms with E-state index in [-0.39, 0.29) is 44.4 Å². The number of sulfone groups is 2. The van der Waals surface area contributed by atoms with Gasteiger partial charge in [0.25, 0.3) is 0 Å². The molecule has 0 atom stereocenters. The number of hydrogen-bond acceptors (Lipinski definition) is 10. The molecule has 0 aliphatic heterocycles. The summed E-state index contributed by atoms with van der Waals surface area (Å²) in [5.41, 5.74) is -0.395. The normalized spacial score (nSPS) is 16.1. The lowest BCUT2D eigenvalue weighted by Crippen LogP contribution is -2.34. The third-order valence-corrected chi connectivity index (χ3v) is 14.1. The van der Waals surface area contributed by atoms with Gasteiger partial charge in [0.15, 0.2) is 19.7 Å². The summed E-state index contributed by atoms with van der Waals surface area (Å²) in [5, 5.41) is 8.11. The monoisotopic (exact) mass is 879 g/mol. The van der Waals surface area contributed by atoms with Crippen molar-refractivity contribution in [2.24, 2.45) is 0 Å². The van der Waals surface area contributed by atoms with Crippen LogP contribution in [0.4, 0.5) is 35.1 Å². The molecule has 52 heavy (non-hydrogen) atoms. The van der Waals surface area contributed by atoms with Crippen LogP contribution in [-0.2, 0) is 32.5 Å². The summed E-state index contributed by atoms with van der Waals surface area (Å²) in [4.78, 5) is 23.7. The van der Waals surface area contributed by atoms with Crippen molar-refractivity contribution in [2.45, 2.75) is 45.9 Å². The Bertz CT molecular complexity index is 2250. The molecular formula is C30H21BBrF8O8S4. The van der Waals surface area contributed by atoms with E-state index in [1.54, 1.807) is 0 Å². The predicted molar refractivity (Wildman–Crippen MR) is 178 cm³/mol. The zero-order valence-corrected chi connectivity index (χ0v) is 31.1. The molecule has 0 saturated carbocycles. The molecule has 4 aromatic rings. The minimum Gasteiger partial charge on any atom is -0.537 e. The van der Waals surface area contributed by atoms with Gasteiger partial charge in [0, 0.05) is 54.5 Å². The van der Waals surface area contributed by atoms with E-state index < -0.39 is 89.0 Å². The smallest absolute Gasteiger partial charge is 0.537 e. The highest BCUT2D eigenvalue weighted by molar-refractivity contribution is 9.11.